The second-order valence-corrected chi connectivity index (χ2v) is 3.75. The van der Waals surface area contributed by atoms with Crippen molar-refractivity contribution in [1.82, 2.24) is 9.55 Å². The minimum Gasteiger partial charge on any atom is -0.486 e. The predicted molar refractivity (Wildman–Crippen MR) is 62.4 cm³/mol. The Morgan fingerprint density at radius 3 is 2.88 bits per heavy atom. The molecule has 0 aliphatic carbocycles. The third-order valence-electron chi connectivity index (χ3n) is 2.70. The number of hydrogen-bond acceptors (Lipinski definition) is 4. The number of rotatable bonds is 2. The molecule has 0 unspecified atom stereocenters. The molecule has 1 aromatic carbocycles. The monoisotopic (exact) mass is 231 g/mol. The first-order valence-electron chi connectivity index (χ1n) is 5.51. The molecule has 0 atom stereocenters. The van der Waals surface area contributed by atoms with Gasteiger partial charge < -0.3 is 19.8 Å². The first kappa shape index (κ1) is 10.2. The van der Waals surface area contributed by atoms with E-state index >= 15 is 0 Å². The summed E-state index contributed by atoms with van der Waals surface area (Å²) in [7, 11) is 0. The fraction of sp³-hybridized carbons (Fsp3) is 0.250. The Hall–Kier alpha value is -2.01. The largest absolute Gasteiger partial charge is 0.486 e. The van der Waals surface area contributed by atoms with Gasteiger partial charge >= 0.3 is 0 Å². The van der Waals surface area contributed by atoms with Gasteiger partial charge in [-0.3, -0.25) is 0 Å². The second-order valence-electron chi connectivity index (χ2n) is 3.75. The Morgan fingerprint density at radius 2 is 2.06 bits per heavy atom. The highest BCUT2D eigenvalue weighted by atomic mass is 16.6. The Labute approximate surface area is 98.8 Å². The number of benzene rings is 1. The van der Waals surface area contributed by atoms with E-state index in [1.54, 1.807) is 6.20 Å². The molecule has 2 aromatic rings. The van der Waals surface area contributed by atoms with Crippen molar-refractivity contribution in [3.8, 4) is 17.2 Å². The molecule has 1 aromatic heterocycles. The number of ether oxygens (including phenoxy) is 2. The molecule has 0 radical (unpaired) electrons. The van der Waals surface area contributed by atoms with Crippen molar-refractivity contribution in [3.05, 3.63) is 36.4 Å². The number of imidazole rings is 1. The molecule has 17 heavy (non-hydrogen) atoms. The topological polar surface area (TPSA) is 62.3 Å². The molecule has 1 aliphatic heterocycles. The van der Waals surface area contributed by atoms with Crippen LogP contribution in [0.4, 0.5) is 0 Å². The van der Waals surface area contributed by atoms with Gasteiger partial charge in [0.15, 0.2) is 11.5 Å². The van der Waals surface area contributed by atoms with E-state index in [0.29, 0.717) is 19.8 Å². The van der Waals surface area contributed by atoms with Crippen LogP contribution >= 0.6 is 0 Å². The van der Waals surface area contributed by atoms with Crippen molar-refractivity contribution in [2.24, 2.45) is 5.73 Å². The highest BCUT2D eigenvalue weighted by Gasteiger charge is 2.13. The maximum atomic E-state index is 5.63. The van der Waals surface area contributed by atoms with E-state index in [4.69, 9.17) is 15.2 Å². The Bertz CT molecular complexity index is 536. The van der Waals surface area contributed by atoms with Gasteiger partial charge in [-0.1, -0.05) is 0 Å². The molecular formula is C12H13N3O2. The van der Waals surface area contributed by atoms with E-state index in [1.807, 2.05) is 29.0 Å². The standard InChI is InChI=1S/C12H13N3O2/c13-8-12-14-3-4-15(12)9-1-2-10-11(7-9)17-6-5-16-10/h1-4,7H,5-6,8,13H2. The van der Waals surface area contributed by atoms with Crippen molar-refractivity contribution in [3.63, 3.8) is 0 Å². The van der Waals surface area contributed by atoms with Crippen molar-refractivity contribution < 1.29 is 9.47 Å². The fourth-order valence-corrected chi connectivity index (χ4v) is 1.90. The van der Waals surface area contributed by atoms with Gasteiger partial charge in [0.25, 0.3) is 0 Å². The zero-order valence-corrected chi connectivity index (χ0v) is 9.30. The van der Waals surface area contributed by atoms with E-state index in [2.05, 4.69) is 4.98 Å². The molecule has 0 saturated carbocycles. The van der Waals surface area contributed by atoms with Crippen LogP contribution in [0.15, 0.2) is 30.6 Å². The quantitative estimate of drug-likeness (QED) is 0.840. The SMILES string of the molecule is NCc1nccn1-c1ccc2c(c1)OCCO2. The highest BCUT2D eigenvalue weighted by Crippen LogP contribution is 2.32. The average molecular weight is 231 g/mol. The zero-order valence-electron chi connectivity index (χ0n) is 9.30. The molecule has 1 aliphatic rings. The Morgan fingerprint density at radius 1 is 1.24 bits per heavy atom. The van der Waals surface area contributed by atoms with Gasteiger partial charge in [-0.05, 0) is 12.1 Å². The summed E-state index contributed by atoms with van der Waals surface area (Å²) < 4.78 is 13.0. The highest BCUT2D eigenvalue weighted by molar-refractivity contribution is 5.49. The van der Waals surface area contributed by atoms with Gasteiger partial charge in [0.2, 0.25) is 0 Å². The van der Waals surface area contributed by atoms with Gasteiger partial charge in [-0.2, -0.15) is 0 Å². The van der Waals surface area contributed by atoms with Crippen LogP contribution in [0.25, 0.3) is 5.69 Å². The molecular weight excluding hydrogens is 218 g/mol. The summed E-state index contributed by atoms with van der Waals surface area (Å²) in [5.41, 5.74) is 6.61. The molecule has 88 valence electrons. The van der Waals surface area contributed by atoms with Gasteiger partial charge in [0.05, 0.1) is 12.2 Å². The molecule has 0 saturated heterocycles. The first-order chi connectivity index (χ1) is 8.38. The lowest BCUT2D eigenvalue weighted by Gasteiger charge is -2.19. The number of aromatic nitrogens is 2. The molecule has 0 bridgehead atoms. The number of nitrogens with zero attached hydrogens (tertiary/aromatic N) is 2. The third kappa shape index (κ3) is 1.74. The van der Waals surface area contributed by atoms with Crippen molar-refractivity contribution in [1.29, 1.82) is 0 Å². The molecule has 5 nitrogen and oxygen atoms in total. The van der Waals surface area contributed by atoms with Crippen molar-refractivity contribution >= 4 is 0 Å². The van der Waals surface area contributed by atoms with E-state index in [0.717, 1.165) is 23.0 Å². The number of nitrogens with two attached hydrogens (primary N) is 1. The first-order valence-corrected chi connectivity index (χ1v) is 5.51. The van der Waals surface area contributed by atoms with Gasteiger partial charge in [-0.15, -0.1) is 0 Å². The zero-order chi connectivity index (χ0) is 11.7. The predicted octanol–water partition coefficient (Wildman–Crippen LogP) is 1.10. The summed E-state index contributed by atoms with van der Waals surface area (Å²) in [4.78, 5) is 4.19. The van der Waals surface area contributed by atoms with E-state index in [-0.39, 0.29) is 0 Å². The lowest BCUT2D eigenvalue weighted by molar-refractivity contribution is 0.171. The maximum absolute atomic E-state index is 5.63. The summed E-state index contributed by atoms with van der Waals surface area (Å²) >= 11 is 0. The molecule has 3 rings (SSSR count). The van der Waals surface area contributed by atoms with Gasteiger partial charge in [0.1, 0.15) is 19.0 Å². The van der Waals surface area contributed by atoms with Gasteiger partial charge in [-0.25, -0.2) is 4.98 Å². The summed E-state index contributed by atoms with van der Waals surface area (Å²) in [6.45, 7) is 1.59. The molecule has 2 heterocycles. The Balaban J connectivity index is 2.04. The fourth-order valence-electron chi connectivity index (χ4n) is 1.90. The molecule has 2 N–H and O–H groups in total. The van der Waals surface area contributed by atoms with Crippen LogP contribution in [0.5, 0.6) is 11.5 Å². The molecule has 0 amide bonds. The van der Waals surface area contributed by atoms with E-state index in [1.165, 1.54) is 0 Å². The summed E-state index contributed by atoms with van der Waals surface area (Å²) in [6.07, 6.45) is 3.62. The number of fused-ring (bicyclic) bond motifs is 1. The minimum atomic E-state index is 0.404. The van der Waals surface area contributed by atoms with Crippen LogP contribution in [0.2, 0.25) is 0 Å². The normalized spacial score (nSPS) is 13.7. The summed E-state index contributed by atoms with van der Waals surface area (Å²) in [6, 6.07) is 5.81. The smallest absolute Gasteiger partial charge is 0.163 e. The van der Waals surface area contributed by atoms with Crippen molar-refractivity contribution in [2.75, 3.05) is 13.2 Å². The third-order valence-corrected chi connectivity index (χ3v) is 2.70. The van der Waals surface area contributed by atoms with Crippen LogP contribution in [0.3, 0.4) is 0 Å². The van der Waals surface area contributed by atoms with E-state index < -0.39 is 0 Å². The second kappa shape index (κ2) is 4.10. The lowest BCUT2D eigenvalue weighted by atomic mass is 10.2. The van der Waals surface area contributed by atoms with Crippen LogP contribution < -0.4 is 15.2 Å². The maximum Gasteiger partial charge on any atom is 0.163 e. The summed E-state index contributed by atoms with van der Waals surface area (Å²) in [5, 5.41) is 0. The lowest BCUT2D eigenvalue weighted by Crippen LogP contribution is -2.15. The van der Waals surface area contributed by atoms with Crippen LogP contribution in [-0.2, 0) is 6.54 Å². The number of hydrogen-bond donors (Lipinski definition) is 1. The molecule has 0 fully saturated rings. The van der Waals surface area contributed by atoms with Crippen LogP contribution in [0, 0.1) is 0 Å². The summed E-state index contributed by atoms with van der Waals surface area (Å²) in [5.74, 6) is 2.38. The Kier molecular flexibility index (Phi) is 2.45. The minimum absolute atomic E-state index is 0.404. The van der Waals surface area contributed by atoms with Crippen LogP contribution in [-0.4, -0.2) is 22.8 Å². The van der Waals surface area contributed by atoms with E-state index in [9.17, 15) is 0 Å². The molecule has 0 spiro atoms. The van der Waals surface area contributed by atoms with Crippen LogP contribution in [0.1, 0.15) is 5.82 Å². The molecule has 5 heteroatoms. The van der Waals surface area contributed by atoms with Crippen molar-refractivity contribution in [2.45, 2.75) is 6.54 Å². The average Bonchev–Trinajstić information content (AvgIpc) is 2.86. The van der Waals surface area contributed by atoms with Gasteiger partial charge in [0, 0.05) is 18.5 Å².